The molecule has 0 bridgehead atoms. The Morgan fingerprint density at radius 2 is 2.21 bits per heavy atom. The number of aromatic nitrogens is 1. The van der Waals surface area contributed by atoms with Crippen LogP contribution in [0.25, 0.3) is 10.8 Å². The van der Waals surface area contributed by atoms with Crippen molar-refractivity contribution in [2.24, 2.45) is 0 Å². The van der Waals surface area contributed by atoms with Gasteiger partial charge in [-0.15, -0.1) is 24.2 Å². The molecule has 19 heavy (non-hydrogen) atoms. The van der Waals surface area contributed by atoms with Gasteiger partial charge in [0.25, 0.3) is 0 Å². The van der Waals surface area contributed by atoms with Crippen LogP contribution < -0.4 is 5.32 Å². The van der Waals surface area contributed by atoms with E-state index in [-0.39, 0.29) is 12.4 Å². The molecule has 0 radical (unpaired) electrons. The van der Waals surface area contributed by atoms with Gasteiger partial charge in [-0.3, -0.25) is 4.98 Å². The molecule has 1 fully saturated rings. The highest BCUT2D eigenvalue weighted by atomic mass is 35.5. The predicted molar refractivity (Wildman–Crippen MR) is 85.7 cm³/mol. The van der Waals surface area contributed by atoms with Gasteiger partial charge in [0.05, 0.1) is 5.02 Å². The molecule has 0 amide bonds. The largest absolute Gasteiger partial charge is 0.316 e. The number of pyridine rings is 1. The highest BCUT2D eigenvalue weighted by Crippen LogP contribution is 2.35. The lowest BCUT2D eigenvalue weighted by Gasteiger charge is -2.22. The molecule has 1 aromatic carbocycles. The van der Waals surface area contributed by atoms with Crippen molar-refractivity contribution in [2.75, 3.05) is 13.1 Å². The maximum absolute atomic E-state index is 6.35. The Morgan fingerprint density at radius 3 is 3.00 bits per heavy atom. The number of piperidine rings is 1. The number of rotatable bonds is 2. The van der Waals surface area contributed by atoms with E-state index < -0.39 is 0 Å². The van der Waals surface area contributed by atoms with Crippen molar-refractivity contribution in [3.8, 4) is 0 Å². The number of halogens is 2. The van der Waals surface area contributed by atoms with Gasteiger partial charge in [0.15, 0.2) is 0 Å². The molecule has 1 aliphatic rings. The third-order valence-corrected chi connectivity index (χ3v) is 4.99. The topological polar surface area (TPSA) is 24.9 Å². The van der Waals surface area contributed by atoms with Gasteiger partial charge >= 0.3 is 0 Å². The molecule has 0 spiro atoms. The summed E-state index contributed by atoms with van der Waals surface area (Å²) in [7, 11) is 0. The lowest BCUT2D eigenvalue weighted by molar-refractivity contribution is 0.531. The molecule has 1 saturated heterocycles. The van der Waals surface area contributed by atoms with Crippen molar-refractivity contribution in [3.05, 3.63) is 35.6 Å². The van der Waals surface area contributed by atoms with Crippen LogP contribution in [0.1, 0.15) is 12.8 Å². The van der Waals surface area contributed by atoms with Crippen molar-refractivity contribution in [1.82, 2.24) is 10.3 Å². The summed E-state index contributed by atoms with van der Waals surface area (Å²) in [5.41, 5.74) is 0. The van der Waals surface area contributed by atoms with E-state index in [9.17, 15) is 0 Å². The van der Waals surface area contributed by atoms with Gasteiger partial charge in [-0.25, -0.2) is 0 Å². The molecule has 0 aliphatic carbocycles. The number of hydrogen-bond acceptors (Lipinski definition) is 3. The molecule has 3 rings (SSSR count). The van der Waals surface area contributed by atoms with Crippen LogP contribution in [0.5, 0.6) is 0 Å². The summed E-state index contributed by atoms with van der Waals surface area (Å²) in [6.07, 6.45) is 6.21. The molecule has 1 aliphatic heterocycles. The minimum absolute atomic E-state index is 0. The number of benzene rings is 1. The monoisotopic (exact) mass is 314 g/mol. The van der Waals surface area contributed by atoms with Gasteiger partial charge < -0.3 is 5.32 Å². The van der Waals surface area contributed by atoms with Crippen LogP contribution in [0.4, 0.5) is 0 Å². The Kier molecular flexibility index (Phi) is 5.34. The quantitative estimate of drug-likeness (QED) is 0.901. The summed E-state index contributed by atoms with van der Waals surface area (Å²) in [5, 5.41) is 7.23. The zero-order valence-corrected chi connectivity index (χ0v) is 12.8. The van der Waals surface area contributed by atoms with Crippen LogP contribution in [0, 0.1) is 0 Å². The summed E-state index contributed by atoms with van der Waals surface area (Å²) in [4.78, 5) is 5.31. The number of nitrogens with one attached hydrogen (secondary N) is 1. The lowest BCUT2D eigenvalue weighted by atomic mass is 10.2. The smallest absolute Gasteiger partial charge is 0.0548 e. The first-order chi connectivity index (χ1) is 8.83. The molecule has 0 saturated carbocycles. The predicted octanol–water partition coefficient (Wildman–Crippen LogP) is 4.15. The summed E-state index contributed by atoms with van der Waals surface area (Å²) >= 11 is 8.24. The summed E-state index contributed by atoms with van der Waals surface area (Å²) < 4.78 is 0. The lowest BCUT2D eigenvalue weighted by Crippen LogP contribution is -2.31. The fraction of sp³-hybridized carbons (Fsp3) is 0.357. The number of hydrogen-bond donors (Lipinski definition) is 1. The van der Waals surface area contributed by atoms with Crippen LogP contribution in [-0.2, 0) is 0 Å². The number of fused-ring (bicyclic) bond motifs is 1. The van der Waals surface area contributed by atoms with Crippen LogP contribution in [-0.4, -0.2) is 23.3 Å². The van der Waals surface area contributed by atoms with E-state index in [4.69, 9.17) is 11.6 Å². The molecule has 2 nitrogen and oxygen atoms in total. The second-order valence-corrected chi connectivity index (χ2v) is 6.34. The average molecular weight is 315 g/mol. The summed E-state index contributed by atoms with van der Waals surface area (Å²) in [5.74, 6) is 0. The molecule has 2 aromatic rings. The molecular formula is C14H16Cl2N2S. The van der Waals surface area contributed by atoms with E-state index in [1.54, 1.807) is 0 Å². The van der Waals surface area contributed by atoms with Gasteiger partial charge in [-0.1, -0.05) is 11.6 Å². The van der Waals surface area contributed by atoms with E-state index in [0.717, 1.165) is 23.5 Å². The summed E-state index contributed by atoms with van der Waals surface area (Å²) in [6, 6.07) is 6.23. The van der Waals surface area contributed by atoms with Crippen molar-refractivity contribution in [1.29, 1.82) is 0 Å². The molecule has 1 aromatic heterocycles. The van der Waals surface area contributed by atoms with E-state index in [0.29, 0.717) is 5.25 Å². The minimum atomic E-state index is 0. The molecule has 1 N–H and O–H groups in total. The fourth-order valence-electron chi connectivity index (χ4n) is 2.28. The Labute approximate surface area is 128 Å². The van der Waals surface area contributed by atoms with Crippen molar-refractivity contribution < 1.29 is 0 Å². The molecule has 102 valence electrons. The van der Waals surface area contributed by atoms with Gasteiger partial charge in [-0.2, -0.15) is 0 Å². The molecule has 1 unspecified atom stereocenters. The SMILES string of the molecule is Cl.Clc1cc2cnccc2cc1SC1CCCNC1. The first-order valence-corrected chi connectivity index (χ1v) is 7.49. The highest BCUT2D eigenvalue weighted by molar-refractivity contribution is 8.00. The first kappa shape index (κ1) is 14.9. The minimum Gasteiger partial charge on any atom is -0.316 e. The van der Waals surface area contributed by atoms with Crippen LogP contribution in [0.15, 0.2) is 35.5 Å². The molecule has 2 heterocycles. The first-order valence-electron chi connectivity index (χ1n) is 6.23. The van der Waals surface area contributed by atoms with Gasteiger partial charge in [0.1, 0.15) is 0 Å². The van der Waals surface area contributed by atoms with Crippen molar-refractivity contribution in [3.63, 3.8) is 0 Å². The second kappa shape index (κ2) is 6.80. The molecular weight excluding hydrogens is 299 g/mol. The zero-order chi connectivity index (χ0) is 12.4. The number of thioether (sulfide) groups is 1. The third-order valence-electron chi connectivity index (χ3n) is 3.24. The third kappa shape index (κ3) is 3.54. The Balaban J connectivity index is 0.00000133. The Hall–Kier alpha value is -0.480. The normalized spacial score (nSPS) is 19.1. The molecule has 1 atom stereocenters. The van der Waals surface area contributed by atoms with Crippen LogP contribution in [0.2, 0.25) is 5.02 Å². The van der Waals surface area contributed by atoms with E-state index in [1.165, 1.54) is 23.1 Å². The van der Waals surface area contributed by atoms with Gasteiger partial charge in [0, 0.05) is 34.5 Å². The zero-order valence-electron chi connectivity index (χ0n) is 10.4. The van der Waals surface area contributed by atoms with Gasteiger partial charge in [0.2, 0.25) is 0 Å². The maximum Gasteiger partial charge on any atom is 0.0548 e. The Bertz CT molecular complexity index is 556. The van der Waals surface area contributed by atoms with E-state index in [1.807, 2.05) is 36.3 Å². The fourth-order valence-corrected chi connectivity index (χ4v) is 3.79. The standard InChI is InChI=1S/C14H15ClN2S.ClH/c15-13-6-11-8-17-5-3-10(11)7-14(13)18-12-2-1-4-16-9-12;/h3,5-8,12,16H,1-2,4,9H2;1H. The van der Waals surface area contributed by atoms with Crippen LogP contribution >= 0.6 is 35.8 Å². The van der Waals surface area contributed by atoms with Crippen molar-refractivity contribution in [2.45, 2.75) is 23.0 Å². The highest BCUT2D eigenvalue weighted by Gasteiger charge is 2.16. The van der Waals surface area contributed by atoms with E-state index in [2.05, 4.69) is 16.4 Å². The maximum atomic E-state index is 6.35. The number of nitrogens with zero attached hydrogens (tertiary/aromatic N) is 1. The molecule has 5 heteroatoms. The Morgan fingerprint density at radius 1 is 1.32 bits per heavy atom. The summed E-state index contributed by atoms with van der Waals surface area (Å²) in [6.45, 7) is 2.23. The average Bonchev–Trinajstić information content (AvgIpc) is 2.41. The second-order valence-electron chi connectivity index (χ2n) is 4.59. The van der Waals surface area contributed by atoms with E-state index >= 15 is 0 Å². The van der Waals surface area contributed by atoms with Crippen LogP contribution in [0.3, 0.4) is 0 Å². The van der Waals surface area contributed by atoms with Crippen molar-refractivity contribution >= 4 is 46.5 Å². The van der Waals surface area contributed by atoms with Gasteiger partial charge in [-0.05, 0) is 43.0 Å².